The Morgan fingerprint density at radius 1 is 1.38 bits per heavy atom. The summed E-state index contributed by atoms with van der Waals surface area (Å²) in [6, 6.07) is 7.82. The summed E-state index contributed by atoms with van der Waals surface area (Å²) in [6.45, 7) is 0.556. The van der Waals surface area contributed by atoms with Crippen molar-refractivity contribution in [2.24, 2.45) is 16.8 Å². The molecule has 1 aliphatic carbocycles. The molecule has 1 amide bonds. The maximum atomic E-state index is 12.8. The zero-order valence-corrected chi connectivity index (χ0v) is 16.3. The van der Waals surface area contributed by atoms with E-state index < -0.39 is 0 Å². The SMILES string of the molecule is COc1ccc(CNC(=O)C2CSC34CC=CC=C3N=CCC24)cc1.Cl. The number of nitrogens with zero attached hydrogens (tertiary/aromatic N) is 1. The number of aliphatic imine (C=N–C) groups is 1. The predicted octanol–water partition coefficient (Wildman–Crippen LogP) is 3.77. The van der Waals surface area contributed by atoms with Crippen molar-refractivity contribution in [1.29, 1.82) is 0 Å². The average Bonchev–Trinajstić information content (AvgIpc) is 3.04. The van der Waals surface area contributed by atoms with Gasteiger partial charge in [0.15, 0.2) is 0 Å². The Labute approximate surface area is 164 Å². The van der Waals surface area contributed by atoms with Crippen molar-refractivity contribution in [2.45, 2.75) is 24.1 Å². The molecule has 2 aliphatic heterocycles. The van der Waals surface area contributed by atoms with Crippen molar-refractivity contribution >= 4 is 36.3 Å². The summed E-state index contributed by atoms with van der Waals surface area (Å²) in [5.74, 6) is 2.24. The second kappa shape index (κ2) is 7.89. The molecule has 3 unspecified atom stereocenters. The van der Waals surface area contributed by atoms with Crippen molar-refractivity contribution in [3.05, 3.63) is 53.8 Å². The van der Waals surface area contributed by atoms with E-state index >= 15 is 0 Å². The van der Waals surface area contributed by atoms with Crippen molar-refractivity contribution in [2.75, 3.05) is 12.9 Å². The molecule has 1 saturated heterocycles. The lowest BCUT2D eigenvalue weighted by Crippen LogP contribution is -2.43. The van der Waals surface area contributed by atoms with Crippen LogP contribution in [0.5, 0.6) is 5.75 Å². The zero-order chi connectivity index (χ0) is 17.3. The second-order valence-corrected chi connectivity index (χ2v) is 8.06. The van der Waals surface area contributed by atoms with Crippen molar-refractivity contribution in [3.63, 3.8) is 0 Å². The highest BCUT2D eigenvalue weighted by Gasteiger charge is 2.54. The first-order valence-corrected chi connectivity index (χ1v) is 9.66. The smallest absolute Gasteiger partial charge is 0.224 e. The van der Waals surface area contributed by atoms with Crippen LogP contribution in [0.1, 0.15) is 18.4 Å². The van der Waals surface area contributed by atoms with Gasteiger partial charge in [-0.2, -0.15) is 0 Å². The van der Waals surface area contributed by atoms with E-state index in [0.717, 1.165) is 35.6 Å². The molecule has 1 aromatic rings. The maximum Gasteiger partial charge on any atom is 0.224 e. The maximum absolute atomic E-state index is 12.8. The van der Waals surface area contributed by atoms with E-state index in [0.29, 0.717) is 12.5 Å². The molecule has 138 valence electrons. The molecule has 1 fully saturated rings. The molecule has 0 bridgehead atoms. The topological polar surface area (TPSA) is 50.7 Å². The van der Waals surface area contributed by atoms with Crippen LogP contribution in [0.2, 0.25) is 0 Å². The zero-order valence-electron chi connectivity index (χ0n) is 14.7. The fourth-order valence-corrected chi connectivity index (χ4v) is 5.82. The fraction of sp³-hybridized carbons (Fsp3) is 0.400. The van der Waals surface area contributed by atoms with Gasteiger partial charge in [-0.05, 0) is 42.5 Å². The number of hydrogen-bond donors (Lipinski definition) is 1. The summed E-state index contributed by atoms with van der Waals surface area (Å²) < 4.78 is 5.18. The third kappa shape index (κ3) is 3.30. The number of nitrogens with one attached hydrogen (secondary N) is 1. The highest BCUT2D eigenvalue weighted by molar-refractivity contribution is 8.01. The van der Waals surface area contributed by atoms with Gasteiger partial charge in [-0.15, -0.1) is 24.2 Å². The summed E-state index contributed by atoms with van der Waals surface area (Å²) in [7, 11) is 1.65. The normalized spacial score (nSPS) is 28.4. The van der Waals surface area contributed by atoms with Gasteiger partial charge in [0.1, 0.15) is 5.75 Å². The molecule has 0 radical (unpaired) electrons. The van der Waals surface area contributed by atoms with Crippen LogP contribution in [0.3, 0.4) is 0 Å². The number of methoxy groups -OCH3 is 1. The molecule has 4 nitrogen and oxygen atoms in total. The second-order valence-electron chi connectivity index (χ2n) is 6.71. The van der Waals surface area contributed by atoms with E-state index in [2.05, 4.69) is 28.5 Å². The number of allylic oxidation sites excluding steroid dienone is 3. The molecule has 1 N–H and O–H groups in total. The third-order valence-electron chi connectivity index (χ3n) is 5.40. The van der Waals surface area contributed by atoms with E-state index in [9.17, 15) is 4.79 Å². The van der Waals surface area contributed by atoms with Gasteiger partial charge in [-0.25, -0.2) is 0 Å². The number of amides is 1. The van der Waals surface area contributed by atoms with Gasteiger partial charge in [-0.1, -0.05) is 24.3 Å². The number of ether oxygens (including phenoxy) is 1. The number of carbonyl (C=O) groups is 1. The van der Waals surface area contributed by atoms with Crippen LogP contribution in [0.4, 0.5) is 0 Å². The minimum Gasteiger partial charge on any atom is -0.497 e. The molecule has 26 heavy (non-hydrogen) atoms. The average molecular weight is 391 g/mol. The van der Waals surface area contributed by atoms with E-state index in [4.69, 9.17) is 4.74 Å². The van der Waals surface area contributed by atoms with Crippen molar-refractivity contribution in [1.82, 2.24) is 5.32 Å². The van der Waals surface area contributed by atoms with Crippen LogP contribution < -0.4 is 10.1 Å². The Hall–Kier alpha value is -1.72. The highest BCUT2D eigenvalue weighted by Crippen LogP contribution is 2.56. The summed E-state index contributed by atoms with van der Waals surface area (Å²) in [6.07, 6.45) is 10.3. The lowest BCUT2D eigenvalue weighted by atomic mass is 9.73. The van der Waals surface area contributed by atoms with Gasteiger partial charge < -0.3 is 10.1 Å². The molecule has 1 aromatic carbocycles. The number of hydrogen-bond acceptors (Lipinski definition) is 4. The third-order valence-corrected chi connectivity index (χ3v) is 7.12. The molecular weight excluding hydrogens is 368 g/mol. The van der Waals surface area contributed by atoms with Gasteiger partial charge in [-0.3, -0.25) is 9.79 Å². The summed E-state index contributed by atoms with van der Waals surface area (Å²) in [5, 5.41) is 3.13. The van der Waals surface area contributed by atoms with Gasteiger partial charge in [0, 0.05) is 18.5 Å². The molecule has 3 aliphatic rings. The van der Waals surface area contributed by atoms with Crippen molar-refractivity contribution < 1.29 is 9.53 Å². The summed E-state index contributed by atoms with van der Waals surface area (Å²) >= 11 is 1.91. The molecule has 1 spiro atoms. The Balaban J connectivity index is 0.00000196. The first-order valence-electron chi connectivity index (χ1n) is 8.67. The minimum atomic E-state index is 0. The minimum absolute atomic E-state index is 0. The van der Waals surface area contributed by atoms with Gasteiger partial charge in [0.05, 0.1) is 23.5 Å². The van der Waals surface area contributed by atoms with Crippen LogP contribution in [0.25, 0.3) is 0 Å². The van der Waals surface area contributed by atoms with Gasteiger partial charge >= 0.3 is 0 Å². The quantitative estimate of drug-likeness (QED) is 0.851. The van der Waals surface area contributed by atoms with Crippen molar-refractivity contribution in [3.8, 4) is 5.75 Å². The Bertz CT molecular complexity index is 760. The number of halogens is 1. The first kappa shape index (κ1) is 19.1. The molecule has 2 heterocycles. The van der Waals surface area contributed by atoms with Gasteiger partial charge in [0.2, 0.25) is 5.91 Å². The fourth-order valence-electron chi connectivity index (χ4n) is 4.00. The summed E-state index contributed by atoms with van der Waals surface area (Å²) in [5.41, 5.74) is 2.22. The number of rotatable bonds is 4. The van der Waals surface area contributed by atoms with Crippen LogP contribution in [-0.4, -0.2) is 29.7 Å². The Morgan fingerprint density at radius 3 is 2.96 bits per heavy atom. The Kier molecular flexibility index (Phi) is 5.78. The lowest BCUT2D eigenvalue weighted by Gasteiger charge is -2.39. The monoisotopic (exact) mass is 390 g/mol. The number of benzene rings is 1. The lowest BCUT2D eigenvalue weighted by molar-refractivity contribution is -0.126. The molecule has 3 atom stereocenters. The highest BCUT2D eigenvalue weighted by atomic mass is 35.5. The molecular formula is C20H23ClN2O2S. The summed E-state index contributed by atoms with van der Waals surface area (Å²) in [4.78, 5) is 17.4. The molecule has 0 aromatic heterocycles. The van der Waals surface area contributed by atoms with E-state index in [1.807, 2.05) is 42.2 Å². The molecule has 0 saturated carbocycles. The molecule has 4 rings (SSSR count). The number of carbonyl (C=O) groups excluding carboxylic acids is 1. The Morgan fingerprint density at radius 2 is 2.19 bits per heavy atom. The van der Waals surface area contributed by atoms with Crippen LogP contribution in [0.15, 0.2) is 53.2 Å². The van der Waals surface area contributed by atoms with E-state index in [1.54, 1.807) is 7.11 Å². The first-order chi connectivity index (χ1) is 12.2. The van der Waals surface area contributed by atoms with Crippen LogP contribution >= 0.6 is 24.2 Å². The standard InChI is InChI=1S/C20H22N2O2S.ClH/c1-24-15-7-5-14(6-8-15)12-22-19(23)16-13-25-20-10-3-2-4-18(20)21-11-9-17(16)20;/h2-8,11,16-17H,9-10,12-13H2,1H3,(H,22,23);1H. The molecule has 6 heteroatoms. The van der Waals surface area contributed by atoms with E-state index in [-0.39, 0.29) is 29.0 Å². The van der Waals surface area contributed by atoms with Crippen LogP contribution in [0, 0.1) is 11.8 Å². The number of thioether (sulfide) groups is 1. The largest absolute Gasteiger partial charge is 0.497 e. The van der Waals surface area contributed by atoms with E-state index in [1.165, 1.54) is 0 Å². The van der Waals surface area contributed by atoms with Crippen LogP contribution in [-0.2, 0) is 11.3 Å². The van der Waals surface area contributed by atoms with Gasteiger partial charge in [0.25, 0.3) is 0 Å². The predicted molar refractivity (Wildman–Crippen MR) is 109 cm³/mol.